The molecule has 0 spiro atoms. The summed E-state index contributed by atoms with van der Waals surface area (Å²) in [6.45, 7) is 1.69. The fourth-order valence-corrected chi connectivity index (χ4v) is 6.70. The molecule has 39 heavy (non-hydrogen) atoms. The molecule has 0 aliphatic carbocycles. The van der Waals surface area contributed by atoms with Crippen LogP contribution in [-0.2, 0) is 33.3 Å². The molecule has 0 radical (unpaired) electrons. The number of hydrogen-bond acceptors (Lipinski definition) is 5. The lowest BCUT2D eigenvalue weighted by molar-refractivity contribution is -0.124. The average molecular weight is 650 g/mol. The van der Waals surface area contributed by atoms with Gasteiger partial charge in [0.25, 0.3) is 15.9 Å². The highest BCUT2D eigenvalue weighted by molar-refractivity contribution is 9.10. The van der Waals surface area contributed by atoms with Crippen molar-refractivity contribution in [2.45, 2.75) is 30.5 Å². The Balaban J connectivity index is 1.61. The Bertz CT molecular complexity index is 1660. The van der Waals surface area contributed by atoms with Gasteiger partial charge in [-0.15, -0.1) is 0 Å². The SMILES string of the molecule is COc1ccccc1CNS(=O)(=O)c1cnc2n1[C@](C)(Cc1ccc(Br)cc1)C(=O)N2c1cc(Cl)cc(Cl)c1. The quantitative estimate of drug-likeness (QED) is 0.250. The van der Waals surface area contributed by atoms with Gasteiger partial charge in [0.05, 0.1) is 19.0 Å². The molecule has 1 amide bonds. The van der Waals surface area contributed by atoms with E-state index in [0.29, 0.717) is 27.0 Å². The third kappa shape index (κ3) is 5.19. The van der Waals surface area contributed by atoms with E-state index >= 15 is 0 Å². The van der Waals surface area contributed by atoms with Crippen LogP contribution in [0.4, 0.5) is 11.6 Å². The number of anilines is 2. The van der Waals surface area contributed by atoms with Crippen LogP contribution in [0.1, 0.15) is 18.1 Å². The largest absolute Gasteiger partial charge is 0.496 e. The van der Waals surface area contributed by atoms with Crippen LogP contribution in [0.15, 0.2) is 82.4 Å². The Morgan fingerprint density at radius 1 is 1.05 bits per heavy atom. The lowest BCUT2D eigenvalue weighted by atomic mass is 9.92. The van der Waals surface area contributed by atoms with E-state index in [9.17, 15) is 13.2 Å². The molecule has 0 bridgehead atoms. The average Bonchev–Trinajstić information content (AvgIpc) is 3.42. The molecule has 4 aromatic rings. The van der Waals surface area contributed by atoms with Gasteiger partial charge >= 0.3 is 0 Å². The van der Waals surface area contributed by atoms with Crippen LogP contribution < -0.4 is 14.4 Å². The standard InChI is InChI=1S/C27H23BrCl2N4O4S/c1-27(14-17-7-9-19(28)10-8-17)25(35)33(22-12-20(29)11-21(30)13-22)26-31-16-24(34(26)27)39(36,37)32-15-18-5-3-4-6-23(18)38-2/h3-13,16,32H,14-15H2,1-2H3/t27-/m1/s1. The number of carbonyl (C=O) groups is 1. The summed E-state index contributed by atoms with van der Waals surface area (Å²) in [7, 11) is -2.60. The molecule has 0 fully saturated rings. The molecule has 1 N–H and O–H groups in total. The van der Waals surface area contributed by atoms with Gasteiger partial charge in [0.1, 0.15) is 11.3 Å². The number of fused-ring (bicyclic) bond motifs is 1. The van der Waals surface area contributed by atoms with Crippen molar-refractivity contribution in [1.82, 2.24) is 14.3 Å². The first-order chi connectivity index (χ1) is 18.5. The summed E-state index contributed by atoms with van der Waals surface area (Å²) >= 11 is 15.9. The second-order valence-electron chi connectivity index (χ2n) is 9.21. The number of methoxy groups -OCH3 is 1. The van der Waals surface area contributed by atoms with Crippen LogP contribution in [0.3, 0.4) is 0 Å². The van der Waals surface area contributed by atoms with Crippen molar-refractivity contribution in [3.63, 3.8) is 0 Å². The van der Waals surface area contributed by atoms with Crippen LogP contribution in [-0.4, -0.2) is 31.0 Å². The minimum absolute atomic E-state index is 0.0160. The van der Waals surface area contributed by atoms with E-state index in [2.05, 4.69) is 25.6 Å². The molecular weight excluding hydrogens is 627 g/mol. The topological polar surface area (TPSA) is 93.5 Å². The van der Waals surface area contributed by atoms with Crippen molar-refractivity contribution in [1.29, 1.82) is 0 Å². The van der Waals surface area contributed by atoms with Crippen molar-refractivity contribution in [3.05, 3.63) is 98.6 Å². The summed E-state index contributed by atoms with van der Waals surface area (Å²) in [6.07, 6.45) is 1.47. The predicted molar refractivity (Wildman–Crippen MR) is 154 cm³/mol. The zero-order chi connectivity index (χ0) is 27.9. The molecule has 202 valence electrons. The molecule has 1 atom stereocenters. The zero-order valence-electron chi connectivity index (χ0n) is 20.9. The van der Waals surface area contributed by atoms with Crippen molar-refractivity contribution in [2.24, 2.45) is 0 Å². The lowest BCUT2D eigenvalue weighted by Gasteiger charge is -2.26. The molecule has 2 heterocycles. The summed E-state index contributed by atoms with van der Waals surface area (Å²) in [5, 5.41) is 0.517. The smallest absolute Gasteiger partial charge is 0.260 e. The number of hydrogen-bond donors (Lipinski definition) is 1. The molecule has 1 aliphatic rings. The maximum absolute atomic E-state index is 14.1. The Labute approximate surface area is 244 Å². The molecule has 12 heteroatoms. The predicted octanol–water partition coefficient (Wildman–Crippen LogP) is 6.08. The highest BCUT2D eigenvalue weighted by Crippen LogP contribution is 2.44. The number of imidazole rings is 1. The fourth-order valence-electron chi connectivity index (χ4n) is 4.72. The molecule has 5 rings (SSSR count). The maximum atomic E-state index is 14.1. The minimum Gasteiger partial charge on any atom is -0.496 e. The van der Waals surface area contributed by atoms with E-state index < -0.39 is 15.6 Å². The Morgan fingerprint density at radius 3 is 2.38 bits per heavy atom. The van der Waals surface area contributed by atoms with Gasteiger partial charge in [-0.3, -0.25) is 9.36 Å². The molecular formula is C27H23BrCl2N4O4S. The minimum atomic E-state index is -4.12. The molecule has 0 saturated carbocycles. The molecule has 1 aliphatic heterocycles. The summed E-state index contributed by atoms with van der Waals surface area (Å²) in [4.78, 5) is 19.9. The van der Waals surface area contributed by atoms with E-state index in [1.165, 1.54) is 22.8 Å². The van der Waals surface area contributed by atoms with Crippen molar-refractivity contribution < 1.29 is 17.9 Å². The number of sulfonamides is 1. The Kier molecular flexibility index (Phi) is 7.51. The maximum Gasteiger partial charge on any atom is 0.260 e. The van der Waals surface area contributed by atoms with E-state index in [0.717, 1.165) is 10.0 Å². The number of aromatic nitrogens is 2. The Morgan fingerprint density at radius 2 is 1.72 bits per heavy atom. The van der Waals surface area contributed by atoms with Gasteiger partial charge in [-0.25, -0.2) is 23.0 Å². The third-order valence-corrected chi connectivity index (χ3v) is 8.88. The van der Waals surface area contributed by atoms with E-state index in [1.807, 2.05) is 24.3 Å². The van der Waals surface area contributed by atoms with Crippen LogP contribution >= 0.6 is 39.1 Å². The number of halogens is 3. The van der Waals surface area contributed by atoms with E-state index in [-0.39, 0.29) is 29.8 Å². The van der Waals surface area contributed by atoms with Gasteiger partial charge in [0.2, 0.25) is 5.95 Å². The zero-order valence-corrected chi connectivity index (χ0v) is 24.8. The summed E-state index contributed by atoms with van der Waals surface area (Å²) in [6, 6.07) is 19.4. The molecule has 0 saturated heterocycles. The number of amides is 1. The number of ether oxygens (including phenoxy) is 1. The van der Waals surface area contributed by atoms with Crippen LogP contribution in [0.25, 0.3) is 0 Å². The van der Waals surface area contributed by atoms with Gasteiger partial charge in [-0.05, 0) is 48.9 Å². The Hall–Kier alpha value is -2.89. The highest BCUT2D eigenvalue weighted by Gasteiger charge is 2.51. The van der Waals surface area contributed by atoms with Gasteiger partial charge < -0.3 is 4.74 Å². The number of nitrogens with one attached hydrogen (secondary N) is 1. The summed E-state index contributed by atoms with van der Waals surface area (Å²) in [5.74, 6) is 0.335. The van der Waals surface area contributed by atoms with E-state index in [1.54, 1.807) is 49.4 Å². The number of carbonyl (C=O) groups excluding carboxylic acids is 1. The lowest BCUT2D eigenvalue weighted by Crippen LogP contribution is -2.42. The fraction of sp³-hybridized carbons (Fsp3) is 0.185. The molecule has 8 nitrogen and oxygen atoms in total. The van der Waals surface area contributed by atoms with Crippen LogP contribution in [0.5, 0.6) is 5.75 Å². The van der Waals surface area contributed by atoms with Crippen molar-refractivity contribution in [3.8, 4) is 5.75 Å². The molecule has 0 unspecified atom stereocenters. The first kappa shape index (κ1) is 27.7. The highest BCUT2D eigenvalue weighted by atomic mass is 79.9. The third-order valence-electron chi connectivity index (χ3n) is 6.56. The first-order valence-corrected chi connectivity index (χ1v) is 14.8. The molecule has 3 aromatic carbocycles. The van der Waals surface area contributed by atoms with Gasteiger partial charge in [-0.1, -0.05) is 69.5 Å². The van der Waals surface area contributed by atoms with Gasteiger partial charge in [0, 0.05) is 33.0 Å². The van der Waals surface area contributed by atoms with Gasteiger partial charge in [-0.2, -0.15) is 0 Å². The van der Waals surface area contributed by atoms with Crippen molar-refractivity contribution >= 4 is 66.7 Å². The monoisotopic (exact) mass is 648 g/mol. The number of nitrogens with zero attached hydrogens (tertiary/aromatic N) is 3. The molecule has 1 aromatic heterocycles. The normalized spacial score (nSPS) is 16.9. The number of para-hydroxylation sites is 1. The summed E-state index contributed by atoms with van der Waals surface area (Å²) < 4.78 is 37.7. The number of rotatable bonds is 8. The van der Waals surface area contributed by atoms with Crippen LogP contribution in [0.2, 0.25) is 10.0 Å². The van der Waals surface area contributed by atoms with Crippen LogP contribution in [0, 0.1) is 0 Å². The first-order valence-electron chi connectivity index (χ1n) is 11.8. The second-order valence-corrected chi connectivity index (χ2v) is 12.7. The van der Waals surface area contributed by atoms with E-state index in [4.69, 9.17) is 27.9 Å². The summed E-state index contributed by atoms with van der Waals surface area (Å²) in [5.41, 5.74) is 0.552. The second kappa shape index (κ2) is 10.6. The number of benzene rings is 3. The van der Waals surface area contributed by atoms with Crippen molar-refractivity contribution in [2.75, 3.05) is 12.0 Å². The van der Waals surface area contributed by atoms with Gasteiger partial charge in [0.15, 0.2) is 5.03 Å².